The molecule has 0 atom stereocenters. The quantitative estimate of drug-likeness (QED) is 0.465. The molecule has 7 heteroatoms. The number of ether oxygens (including phenoxy) is 1. The molecule has 4 aromatic rings. The van der Waals surface area contributed by atoms with Crippen LogP contribution in [0.25, 0.3) is 10.6 Å². The number of halogens is 1. The molecule has 0 aliphatic carbocycles. The zero-order chi connectivity index (χ0) is 20.8. The van der Waals surface area contributed by atoms with Crippen LogP contribution in [0.3, 0.4) is 0 Å². The van der Waals surface area contributed by atoms with Crippen LogP contribution in [-0.4, -0.2) is 15.9 Å². The summed E-state index contributed by atoms with van der Waals surface area (Å²) in [6.45, 7) is 0.732. The molecule has 0 aliphatic heterocycles. The van der Waals surface area contributed by atoms with Gasteiger partial charge in [0.15, 0.2) is 0 Å². The predicted octanol–water partition coefficient (Wildman–Crippen LogP) is 4.85. The van der Waals surface area contributed by atoms with Gasteiger partial charge in [0.05, 0.1) is 0 Å². The Morgan fingerprint density at radius 3 is 2.73 bits per heavy atom. The van der Waals surface area contributed by atoms with Gasteiger partial charge in [-0.3, -0.25) is 9.78 Å². The van der Waals surface area contributed by atoms with Crippen molar-refractivity contribution in [3.63, 3.8) is 0 Å². The lowest BCUT2D eigenvalue weighted by Crippen LogP contribution is -2.23. The Balaban J connectivity index is 1.39. The highest BCUT2D eigenvalue weighted by Crippen LogP contribution is 2.27. The van der Waals surface area contributed by atoms with Crippen molar-refractivity contribution in [3.05, 3.63) is 101 Å². The first-order chi connectivity index (χ1) is 14.7. The Hall–Kier alpha value is -3.58. The highest BCUT2D eigenvalue weighted by atomic mass is 32.1. The van der Waals surface area contributed by atoms with E-state index in [0.717, 1.165) is 21.7 Å². The van der Waals surface area contributed by atoms with Crippen LogP contribution in [0.5, 0.6) is 5.75 Å². The van der Waals surface area contributed by atoms with E-state index >= 15 is 0 Å². The van der Waals surface area contributed by atoms with Crippen LogP contribution in [0.15, 0.2) is 78.4 Å². The zero-order valence-corrected chi connectivity index (χ0v) is 16.7. The molecule has 1 N–H and O–H groups in total. The first kappa shape index (κ1) is 19.7. The Bertz CT molecular complexity index is 1130. The van der Waals surface area contributed by atoms with Gasteiger partial charge < -0.3 is 10.1 Å². The molecule has 2 heterocycles. The monoisotopic (exact) mass is 419 g/mol. The van der Waals surface area contributed by atoms with E-state index in [-0.39, 0.29) is 11.7 Å². The van der Waals surface area contributed by atoms with E-state index in [4.69, 9.17) is 4.74 Å². The molecule has 2 aromatic heterocycles. The topological polar surface area (TPSA) is 64.1 Å². The number of thiazole rings is 1. The number of hydrogen-bond acceptors (Lipinski definition) is 5. The predicted molar refractivity (Wildman–Crippen MR) is 114 cm³/mol. The smallest absolute Gasteiger partial charge is 0.271 e. The van der Waals surface area contributed by atoms with Crippen LogP contribution >= 0.6 is 11.3 Å². The number of carbonyl (C=O) groups is 1. The summed E-state index contributed by atoms with van der Waals surface area (Å²) in [4.78, 5) is 20.9. The van der Waals surface area contributed by atoms with Gasteiger partial charge in [0, 0.05) is 29.9 Å². The lowest BCUT2D eigenvalue weighted by Gasteiger charge is -2.07. The largest absolute Gasteiger partial charge is 0.489 e. The molecular formula is C23H18FN3O2S. The number of hydrogen-bond donors (Lipinski definition) is 1. The van der Waals surface area contributed by atoms with Crippen molar-refractivity contribution in [2.45, 2.75) is 13.2 Å². The number of rotatable bonds is 7. The summed E-state index contributed by atoms with van der Waals surface area (Å²) in [7, 11) is 0. The molecule has 4 rings (SSSR count). The molecule has 0 aliphatic rings. The average molecular weight is 419 g/mol. The minimum Gasteiger partial charge on any atom is -0.489 e. The summed E-state index contributed by atoms with van der Waals surface area (Å²) in [5, 5.41) is 5.31. The molecule has 0 fully saturated rings. The fourth-order valence-electron chi connectivity index (χ4n) is 2.75. The lowest BCUT2D eigenvalue weighted by atomic mass is 10.2. The second kappa shape index (κ2) is 9.28. The Kier molecular flexibility index (Phi) is 6.10. The van der Waals surface area contributed by atoms with Crippen molar-refractivity contribution in [3.8, 4) is 16.3 Å². The molecule has 2 aromatic carbocycles. The second-order valence-corrected chi connectivity index (χ2v) is 7.38. The second-order valence-electron chi connectivity index (χ2n) is 6.52. The maximum absolute atomic E-state index is 13.0. The van der Waals surface area contributed by atoms with Gasteiger partial charge in [0.1, 0.15) is 28.9 Å². The first-order valence-electron chi connectivity index (χ1n) is 9.28. The molecular weight excluding hydrogens is 401 g/mol. The third-order valence-corrected chi connectivity index (χ3v) is 5.20. The molecule has 5 nitrogen and oxygen atoms in total. The van der Waals surface area contributed by atoms with Gasteiger partial charge in [0.2, 0.25) is 0 Å². The van der Waals surface area contributed by atoms with E-state index in [0.29, 0.717) is 24.6 Å². The molecule has 0 saturated heterocycles. The number of pyridine rings is 1. The number of amides is 1. The van der Waals surface area contributed by atoms with E-state index in [1.54, 1.807) is 29.9 Å². The van der Waals surface area contributed by atoms with E-state index < -0.39 is 0 Å². The van der Waals surface area contributed by atoms with Crippen molar-refractivity contribution >= 4 is 17.2 Å². The molecule has 1 amide bonds. The Morgan fingerprint density at radius 1 is 1.07 bits per heavy atom. The number of nitrogens with one attached hydrogen (secondary N) is 1. The molecule has 0 radical (unpaired) electrons. The van der Waals surface area contributed by atoms with Gasteiger partial charge in [-0.15, -0.1) is 11.3 Å². The summed E-state index contributed by atoms with van der Waals surface area (Å²) < 4.78 is 18.8. The minimum atomic E-state index is -0.273. The highest BCUT2D eigenvalue weighted by molar-refractivity contribution is 7.13. The van der Waals surface area contributed by atoms with E-state index in [2.05, 4.69) is 15.3 Å². The number of aromatic nitrogens is 2. The maximum Gasteiger partial charge on any atom is 0.271 e. The molecule has 0 bridgehead atoms. The molecule has 0 saturated carbocycles. The summed E-state index contributed by atoms with van der Waals surface area (Å²) in [5.74, 6) is 0.171. The van der Waals surface area contributed by atoms with Gasteiger partial charge in [-0.05, 0) is 41.5 Å². The van der Waals surface area contributed by atoms with Gasteiger partial charge in [-0.2, -0.15) is 0 Å². The molecule has 0 spiro atoms. The van der Waals surface area contributed by atoms with Gasteiger partial charge in [0.25, 0.3) is 5.91 Å². The normalized spacial score (nSPS) is 10.6. The number of nitrogens with zero attached hydrogens (tertiary/aromatic N) is 2. The third kappa shape index (κ3) is 5.07. The summed E-state index contributed by atoms with van der Waals surface area (Å²) in [6, 6.07) is 17.4. The molecule has 30 heavy (non-hydrogen) atoms. The summed E-state index contributed by atoms with van der Waals surface area (Å²) in [6.07, 6.45) is 3.40. The molecule has 150 valence electrons. The van der Waals surface area contributed by atoms with Crippen LogP contribution in [0, 0.1) is 5.82 Å². The van der Waals surface area contributed by atoms with Crippen molar-refractivity contribution in [2.75, 3.05) is 0 Å². The minimum absolute atomic E-state index is 0.231. The molecule has 0 unspecified atom stereocenters. The highest BCUT2D eigenvalue weighted by Gasteiger charge is 2.12. The SMILES string of the molecule is O=C(NCc1cccnc1)c1csc(-c2cccc(OCc3ccc(F)cc3)c2)n1. The maximum atomic E-state index is 13.0. The Labute approximate surface area is 177 Å². The number of carbonyl (C=O) groups excluding carboxylic acids is 1. The van der Waals surface area contributed by atoms with Gasteiger partial charge >= 0.3 is 0 Å². The van der Waals surface area contributed by atoms with Crippen molar-refractivity contribution in [2.24, 2.45) is 0 Å². The fraction of sp³-hybridized carbons (Fsp3) is 0.0870. The van der Waals surface area contributed by atoms with Crippen molar-refractivity contribution in [1.82, 2.24) is 15.3 Å². The zero-order valence-electron chi connectivity index (χ0n) is 15.9. The summed E-state index contributed by atoms with van der Waals surface area (Å²) >= 11 is 1.40. The third-order valence-electron chi connectivity index (χ3n) is 4.31. The van der Waals surface area contributed by atoms with Crippen LogP contribution in [0.4, 0.5) is 4.39 Å². The van der Waals surface area contributed by atoms with Crippen LogP contribution in [0.2, 0.25) is 0 Å². The van der Waals surface area contributed by atoms with Crippen LogP contribution < -0.4 is 10.1 Å². The first-order valence-corrected chi connectivity index (χ1v) is 10.2. The van der Waals surface area contributed by atoms with Gasteiger partial charge in [-0.25, -0.2) is 9.37 Å². The van der Waals surface area contributed by atoms with E-state index in [9.17, 15) is 9.18 Å². The lowest BCUT2D eigenvalue weighted by molar-refractivity contribution is 0.0946. The number of benzene rings is 2. The van der Waals surface area contributed by atoms with E-state index in [1.165, 1.54) is 23.5 Å². The Morgan fingerprint density at radius 2 is 1.93 bits per heavy atom. The van der Waals surface area contributed by atoms with Crippen LogP contribution in [-0.2, 0) is 13.2 Å². The average Bonchev–Trinajstić information content (AvgIpc) is 3.29. The van der Waals surface area contributed by atoms with E-state index in [1.807, 2.05) is 36.4 Å². The fourth-order valence-corrected chi connectivity index (χ4v) is 3.55. The van der Waals surface area contributed by atoms with Crippen molar-refractivity contribution < 1.29 is 13.9 Å². The standard InChI is InChI=1S/C23H18FN3O2S/c24-19-8-6-16(7-9-19)14-29-20-5-1-4-18(11-20)23-27-21(15-30-23)22(28)26-13-17-3-2-10-25-12-17/h1-12,15H,13-14H2,(H,26,28). The van der Waals surface area contributed by atoms with Gasteiger partial charge in [-0.1, -0.05) is 30.3 Å². The summed E-state index contributed by atoms with van der Waals surface area (Å²) in [5.41, 5.74) is 3.04. The van der Waals surface area contributed by atoms with Crippen LogP contribution in [0.1, 0.15) is 21.6 Å². The van der Waals surface area contributed by atoms with Crippen molar-refractivity contribution in [1.29, 1.82) is 0 Å².